The summed E-state index contributed by atoms with van der Waals surface area (Å²) in [6.07, 6.45) is 1.16. The molecule has 0 bridgehead atoms. The van der Waals surface area contributed by atoms with Crippen molar-refractivity contribution in [3.8, 4) is 11.5 Å². The number of rotatable bonds is 10. The summed E-state index contributed by atoms with van der Waals surface area (Å²) in [5.74, 6) is -0.675. The summed E-state index contributed by atoms with van der Waals surface area (Å²) in [4.78, 5) is 16.1. The first-order valence-corrected chi connectivity index (χ1v) is 14.4. The first-order valence-electron chi connectivity index (χ1n) is 11.5. The van der Waals surface area contributed by atoms with Crippen molar-refractivity contribution in [2.24, 2.45) is 0 Å². The standard InChI is InChI=1S/C26H25N3O8S2/c1-17(26(30)31)29(39(34,35)21-14-10-19(37-3)11-15-21)25-23-7-5-4-6-22(23)24(16-27-25)28-38(32,33)20-12-8-18(36-2)9-13-20/h4-17,28H,1-3H3,(H,30,31). The molecule has 3 aromatic carbocycles. The number of aliphatic carboxylic acids is 1. The number of benzene rings is 3. The van der Waals surface area contributed by atoms with E-state index in [4.69, 9.17) is 9.47 Å². The van der Waals surface area contributed by atoms with Gasteiger partial charge in [0.2, 0.25) is 0 Å². The van der Waals surface area contributed by atoms with E-state index in [1.165, 1.54) is 75.7 Å². The molecule has 0 radical (unpaired) electrons. The zero-order chi connectivity index (χ0) is 28.4. The minimum atomic E-state index is -4.43. The van der Waals surface area contributed by atoms with Crippen LogP contribution in [0.2, 0.25) is 0 Å². The molecule has 13 heteroatoms. The number of hydrogen-bond acceptors (Lipinski definition) is 8. The van der Waals surface area contributed by atoms with Gasteiger partial charge in [-0.2, -0.15) is 0 Å². The quantitative estimate of drug-likeness (QED) is 0.290. The molecular formula is C26H25N3O8S2. The molecule has 0 fully saturated rings. The molecule has 1 heterocycles. The number of pyridine rings is 1. The Morgan fingerprint density at radius 3 is 1.87 bits per heavy atom. The van der Waals surface area contributed by atoms with Gasteiger partial charge in [-0.1, -0.05) is 24.3 Å². The van der Waals surface area contributed by atoms with E-state index in [0.717, 1.165) is 6.20 Å². The third-order valence-electron chi connectivity index (χ3n) is 5.92. The van der Waals surface area contributed by atoms with E-state index in [1.54, 1.807) is 18.2 Å². The summed E-state index contributed by atoms with van der Waals surface area (Å²) in [7, 11) is -5.59. The number of sulfonamides is 2. The molecule has 0 aliphatic carbocycles. The summed E-state index contributed by atoms with van der Waals surface area (Å²) in [5, 5.41) is 10.3. The highest BCUT2D eigenvalue weighted by atomic mass is 32.2. The van der Waals surface area contributed by atoms with Gasteiger partial charge in [0.05, 0.1) is 35.9 Å². The Labute approximate surface area is 225 Å². The van der Waals surface area contributed by atoms with Gasteiger partial charge in [-0.25, -0.2) is 30.9 Å². The van der Waals surface area contributed by atoms with Crippen LogP contribution in [0.5, 0.6) is 11.5 Å². The van der Waals surface area contributed by atoms with Crippen LogP contribution in [-0.2, 0) is 24.8 Å². The number of aromatic nitrogens is 1. The number of ether oxygens (including phenoxy) is 2. The van der Waals surface area contributed by atoms with Crippen LogP contribution in [0.25, 0.3) is 10.8 Å². The minimum Gasteiger partial charge on any atom is -0.497 e. The fourth-order valence-corrected chi connectivity index (χ4v) is 6.51. The Hall–Kier alpha value is -4.36. The van der Waals surface area contributed by atoms with Gasteiger partial charge in [-0.15, -0.1) is 0 Å². The predicted molar refractivity (Wildman–Crippen MR) is 145 cm³/mol. The van der Waals surface area contributed by atoms with Gasteiger partial charge in [0, 0.05) is 10.8 Å². The zero-order valence-corrected chi connectivity index (χ0v) is 22.7. The maximum absolute atomic E-state index is 13.7. The van der Waals surface area contributed by atoms with Crippen LogP contribution in [0.1, 0.15) is 6.92 Å². The number of nitrogens with one attached hydrogen (secondary N) is 1. The number of nitrogens with zero attached hydrogens (tertiary/aromatic N) is 2. The number of fused-ring (bicyclic) bond motifs is 1. The highest BCUT2D eigenvalue weighted by molar-refractivity contribution is 7.93. The van der Waals surface area contributed by atoms with E-state index < -0.39 is 32.1 Å². The third kappa shape index (κ3) is 5.45. The van der Waals surface area contributed by atoms with Crippen molar-refractivity contribution in [2.45, 2.75) is 22.8 Å². The van der Waals surface area contributed by atoms with Crippen LogP contribution in [0.3, 0.4) is 0 Å². The Morgan fingerprint density at radius 2 is 1.36 bits per heavy atom. The van der Waals surface area contributed by atoms with Crippen molar-refractivity contribution >= 4 is 48.3 Å². The molecule has 0 saturated carbocycles. The number of carboxylic acids is 1. The first kappa shape index (κ1) is 27.7. The van der Waals surface area contributed by atoms with Gasteiger partial charge >= 0.3 is 5.97 Å². The van der Waals surface area contributed by atoms with Crippen LogP contribution in [-0.4, -0.2) is 53.2 Å². The summed E-state index contributed by atoms with van der Waals surface area (Å²) >= 11 is 0. The summed E-state index contributed by atoms with van der Waals surface area (Å²) < 4.78 is 67.0. The van der Waals surface area contributed by atoms with Gasteiger partial charge in [0.15, 0.2) is 5.82 Å². The Morgan fingerprint density at radius 1 is 0.846 bits per heavy atom. The third-order valence-corrected chi connectivity index (χ3v) is 9.18. The second-order valence-corrected chi connectivity index (χ2v) is 11.8. The molecule has 1 unspecified atom stereocenters. The fourth-order valence-electron chi connectivity index (χ4n) is 3.86. The lowest BCUT2D eigenvalue weighted by Gasteiger charge is -2.28. The SMILES string of the molecule is COc1ccc(S(=O)(=O)Nc2cnc(N(C(C)C(=O)O)S(=O)(=O)c3ccc(OC)cc3)c3ccccc23)cc1. The van der Waals surface area contributed by atoms with Crippen LogP contribution in [0.15, 0.2) is 88.8 Å². The van der Waals surface area contributed by atoms with E-state index in [1.807, 2.05) is 0 Å². The van der Waals surface area contributed by atoms with Crippen LogP contribution in [0, 0.1) is 0 Å². The molecule has 204 valence electrons. The van der Waals surface area contributed by atoms with E-state index in [-0.39, 0.29) is 26.7 Å². The average molecular weight is 572 g/mol. The second-order valence-electron chi connectivity index (χ2n) is 8.31. The normalized spacial score (nSPS) is 12.5. The number of methoxy groups -OCH3 is 2. The van der Waals surface area contributed by atoms with Crippen molar-refractivity contribution in [3.05, 3.63) is 79.0 Å². The number of carboxylic acid groups (broad SMARTS) is 1. The fraction of sp³-hybridized carbons (Fsp3) is 0.154. The lowest BCUT2D eigenvalue weighted by molar-refractivity contribution is -0.137. The van der Waals surface area contributed by atoms with E-state index in [9.17, 15) is 26.7 Å². The molecule has 0 saturated heterocycles. The van der Waals surface area contributed by atoms with Crippen molar-refractivity contribution in [1.29, 1.82) is 0 Å². The molecule has 11 nitrogen and oxygen atoms in total. The van der Waals surface area contributed by atoms with Crippen molar-refractivity contribution in [1.82, 2.24) is 4.98 Å². The summed E-state index contributed by atoms with van der Waals surface area (Å²) in [6, 6.07) is 16.1. The molecular weight excluding hydrogens is 546 g/mol. The largest absolute Gasteiger partial charge is 0.497 e. The predicted octanol–water partition coefficient (Wildman–Crippen LogP) is 3.72. The highest BCUT2D eigenvalue weighted by Gasteiger charge is 2.36. The molecule has 0 spiro atoms. The van der Waals surface area contributed by atoms with Gasteiger partial charge in [-0.05, 0) is 55.5 Å². The lowest BCUT2D eigenvalue weighted by Crippen LogP contribution is -2.44. The molecule has 0 amide bonds. The minimum absolute atomic E-state index is 0.0281. The molecule has 0 aliphatic rings. The van der Waals surface area contributed by atoms with Gasteiger partial charge in [-0.3, -0.25) is 4.72 Å². The molecule has 2 N–H and O–H groups in total. The first-order chi connectivity index (χ1) is 18.5. The Bertz CT molecular complexity index is 1720. The topological polar surface area (TPSA) is 152 Å². The second kappa shape index (κ2) is 10.8. The van der Waals surface area contributed by atoms with Crippen molar-refractivity contribution in [2.75, 3.05) is 23.2 Å². The van der Waals surface area contributed by atoms with Gasteiger partial charge in [0.1, 0.15) is 17.5 Å². The highest BCUT2D eigenvalue weighted by Crippen LogP contribution is 2.35. The Kier molecular flexibility index (Phi) is 7.65. The van der Waals surface area contributed by atoms with E-state index >= 15 is 0 Å². The van der Waals surface area contributed by atoms with E-state index in [2.05, 4.69) is 9.71 Å². The maximum atomic E-state index is 13.7. The monoisotopic (exact) mass is 571 g/mol. The summed E-state index contributed by atoms with van der Waals surface area (Å²) in [5.41, 5.74) is 0.0786. The van der Waals surface area contributed by atoms with Gasteiger partial charge < -0.3 is 14.6 Å². The number of anilines is 2. The summed E-state index contributed by atoms with van der Waals surface area (Å²) in [6.45, 7) is 1.22. The molecule has 39 heavy (non-hydrogen) atoms. The van der Waals surface area contributed by atoms with Gasteiger partial charge in [0.25, 0.3) is 20.0 Å². The van der Waals surface area contributed by atoms with Crippen LogP contribution >= 0.6 is 0 Å². The van der Waals surface area contributed by atoms with Crippen molar-refractivity contribution < 1.29 is 36.2 Å². The average Bonchev–Trinajstić information content (AvgIpc) is 2.94. The smallest absolute Gasteiger partial charge is 0.327 e. The van der Waals surface area contributed by atoms with E-state index in [0.29, 0.717) is 21.2 Å². The van der Waals surface area contributed by atoms with Crippen LogP contribution in [0.4, 0.5) is 11.5 Å². The zero-order valence-electron chi connectivity index (χ0n) is 21.1. The Balaban J connectivity index is 1.84. The molecule has 1 atom stereocenters. The van der Waals surface area contributed by atoms with Crippen LogP contribution < -0.4 is 18.5 Å². The number of carbonyl (C=O) groups is 1. The molecule has 1 aromatic heterocycles. The molecule has 0 aliphatic heterocycles. The number of hydrogen-bond donors (Lipinski definition) is 2. The molecule has 4 aromatic rings. The maximum Gasteiger partial charge on any atom is 0.327 e. The molecule has 4 rings (SSSR count). The van der Waals surface area contributed by atoms with Crippen molar-refractivity contribution in [3.63, 3.8) is 0 Å². The lowest BCUT2D eigenvalue weighted by atomic mass is 10.1.